The lowest BCUT2D eigenvalue weighted by molar-refractivity contribution is -0.119. The average molecular weight is 447 g/mol. The second-order valence-corrected chi connectivity index (χ2v) is 10.6. The minimum atomic E-state index is 0.180. The quantitative estimate of drug-likeness (QED) is 0.533. The predicted octanol–water partition coefficient (Wildman–Crippen LogP) is 5.28. The van der Waals surface area contributed by atoms with Crippen molar-refractivity contribution in [2.45, 2.75) is 76.3 Å². The predicted molar refractivity (Wildman–Crippen MR) is 132 cm³/mol. The van der Waals surface area contributed by atoms with Gasteiger partial charge in [0.05, 0.1) is 0 Å². The van der Waals surface area contributed by atoms with Gasteiger partial charge in [0.1, 0.15) is 5.75 Å². The lowest BCUT2D eigenvalue weighted by atomic mass is 9.49. The Hall–Kier alpha value is -2.33. The van der Waals surface area contributed by atoms with E-state index in [9.17, 15) is 9.90 Å². The number of hydrogen-bond donors (Lipinski definition) is 1. The normalized spacial score (nSPS) is 28.2. The first-order chi connectivity index (χ1) is 16.1. The molecule has 0 aromatic heterocycles. The molecule has 1 N–H and O–H groups in total. The maximum Gasteiger partial charge on any atom is 0.210 e. The molecular weight excluding hydrogens is 408 g/mol. The van der Waals surface area contributed by atoms with Crippen LogP contribution in [-0.4, -0.2) is 47.0 Å². The molecule has 1 amide bonds. The van der Waals surface area contributed by atoms with Crippen LogP contribution in [0.2, 0.25) is 0 Å². The van der Waals surface area contributed by atoms with Gasteiger partial charge in [0.15, 0.2) is 0 Å². The van der Waals surface area contributed by atoms with Gasteiger partial charge in [0.25, 0.3) is 0 Å². The summed E-state index contributed by atoms with van der Waals surface area (Å²) < 4.78 is 0. The second kappa shape index (κ2) is 9.13. The fourth-order valence-corrected chi connectivity index (χ4v) is 7.82. The van der Waals surface area contributed by atoms with Crippen molar-refractivity contribution in [3.05, 3.63) is 65.2 Å². The van der Waals surface area contributed by atoms with Gasteiger partial charge in [0, 0.05) is 24.5 Å². The van der Waals surface area contributed by atoms with Gasteiger partial charge >= 0.3 is 0 Å². The zero-order chi connectivity index (χ0) is 22.9. The molecule has 2 aromatic rings. The van der Waals surface area contributed by atoms with Crippen LogP contribution in [0.4, 0.5) is 0 Å². The van der Waals surface area contributed by atoms with Crippen LogP contribution >= 0.6 is 0 Å². The third-order valence-electron chi connectivity index (χ3n) is 9.06. The number of likely N-dealkylation sites (tertiary alicyclic amines) is 1. The molecule has 2 aliphatic carbocycles. The first-order valence-corrected chi connectivity index (χ1v) is 12.9. The maximum atomic E-state index is 11.8. The van der Waals surface area contributed by atoms with Gasteiger partial charge in [-0.25, -0.2) is 0 Å². The van der Waals surface area contributed by atoms with Crippen LogP contribution in [0.25, 0.3) is 0 Å². The van der Waals surface area contributed by atoms with E-state index in [4.69, 9.17) is 0 Å². The van der Waals surface area contributed by atoms with E-state index >= 15 is 0 Å². The third kappa shape index (κ3) is 3.77. The molecular formula is C29H38N2O2. The number of rotatable bonds is 9. The molecule has 4 heteroatoms. The van der Waals surface area contributed by atoms with E-state index in [-0.39, 0.29) is 10.8 Å². The third-order valence-corrected chi connectivity index (χ3v) is 9.06. The van der Waals surface area contributed by atoms with E-state index in [0.29, 0.717) is 18.3 Å². The number of fused-ring (bicyclic) bond motifs is 1. The summed E-state index contributed by atoms with van der Waals surface area (Å²) in [5.41, 5.74) is 4.51. The number of hydrogen-bond acceptors (Lipinski definition) is 3. The largest absolute Gasteiger partial charge is 0.508 e. The topological polar surface area (TPSA) is 43.8 Å². The molecule has 3 aliphatic rings. The Morgan fingerprint density at radius 2 is 2.00 bits per heavy atom. The number of carbonyl (C=O) groups is 1. The van der Waals surface area contributed by atoms with Crippen molar-refractivity contribution < 1.29 is 9.90 Å². The van der Waals surface area contributed by atoms with Crippen LogP contribution in [0.5, 0.6) is 5.75 Å². The van der Waals surface area contributed by atoms with Gasteiger partial charge in [-0.05, 0) is 92.3 Å². The minimum absolute atomic E-state index is 0.180. The number of nitrogens with zero attached hydrogens (tertiary/aromatic N) is 2. The lowest BCUT2D eigenvalue weighted by Gasteiger charge is -2.62. The van der Waals surface area contributed by atoms with E-state index in [1.165, 1.54) is 61.9 Å². The summed E-state index contributed by atoms with van der Waals surface area (Å²) in [6.45, 7) is 6.13. The molecule has 4 nitrogen and oxygen atoms in total. The van der Waals surface area contributed by atoms with Crippen molar-refractivity contribution in [1.82, 2.24) is 9.80 Å². The van der Waals surface area contributed by atoms with Gasteiger partial charge < -0.3 is 10.0 Å². The lowest BCUT2D eigenvalue weighted by Crippen LogP contribution is -2.65. The van der Waals surface area contributed by atoms with Crippen molar-refractivity contribution in [3.8, 4) is 5.75 Å². The molecule has 0 radical (unpaired) electrons. The zero-order valence-corrected chi connectivity index (χ0v) is 20.0. The highest BCUT2D eigenvalue weighted by Crippen LogP contribution is 2.66. The maximum absolute atomic E-state index is 11.8. The Morgan fingerprint density at radius 1 is 1.15 bits per heavy atom. The van der Waals surface area contributed by atoms with Gasteiger partial charge in [-0.3, -0.25) is 9.69 Å². The first-order valence-electron chi connectivity index (χ1n) is 12.9. The van der Waals surface area contributed by atoms with Gasteiger partial charge in [0.2, 0.25) is 6.41 Å². The Kier molecular flexibility index (Phi) is 6.22. The van der Waals surface area contributed by atoms with E-state index in [1.807, 2.05) is 29.2 Å². The number of carbonyl (C=O) groups excluding carboxylic acids is 1. The molecule has 0 spiro atoms. The van der Waals surface area contributed by atoms with Crippen LogP contribution in [0, 0.1) is 5.41 Å². The summed E-state index contributed by atoms with van der Waals surface area (Å²) >= 11 is 0. The number of aromatic hydroxyl groups is 1. The van der Waals surface area contributed by atoms with Gasteiger partial charge in [-0.15, -0.1) is 0 Å². The SMILES string of the molecule is CCCN1CCC23CCCC2(CCCN(C=O)Cc2ccccc2)C1Cc1ccc(O)cc13. The number of benzene rings is 2. The molecule has 1 aliphatic heterocycles. The molecule has 33 heavy (non-hydrogen) atoms. The summed E-state index contributed by atoms with van der Waals surface area (Å²) in [5.74, 6) is 0.411. The minimum Gasteiger partial charge on any atom is -0.508 e. The average Bonchev–Trinajstić information content (AvgIpc) is 3.23. The van der Waals surface area contributed by atoms with Crippen LogP contribution in [0.1, 0.15) is 68.6 Å². The monoisotopic (exact) mass is 446 g/mol. The van der Waals surface area contributed by atoms with Crippen molar-refractivity contribution in [3.63, 3.8) is 0 Å². The molecule has 1 saturated heterocycles. The smallest absolute Gasteiger partial charge is 0.210 e. The second-order valence-electron chi connectivity index (χ2n) is 10.6. The molecule has 2 bridgehead atoms. The van der Waals surface area contributed by atoms with Crippen LogP contribution in [0.3, 0.4) is 0 Å². The Bertz CT molecular complexity index is 977. The molecule has 1 heterocycles. The van der Waals surface area contributed by atoms with E-state index < -0.39 is 0 Å². The zero-order valence-electron chi connectivity index (χ0n) is 20.0. The van der Waals surface area contributed by atoms with E-state index in [0.717, 1.165) is 32.2 Å². The highest BCUT2D eigenvalue weighted by Gasteiger charge is 2.64. The Balaban J connectivity index is 1.41. The van der Waals surface area contributed by atoms with Crippen molar-refractivity contribution in [2.24, 2.45) is 5.41 Å². The van der Waals surface area contributed by atoms with Crippen molar-refractivity contribution in [1.29, 1.82) is 0 Å². The molecule has 2 fully saturated rings. The Labute approximate surface area is 198 Å². The summed E-state index contributed by atoms with van der Waals surface area (Å²) in [5, 5.41) is 10.4. The standard InChI is InChI=1S/C29H38N2O2/c1-2-16-31-18-15-28-12-6-13-29(28,27(31)19-24-10-11-25(33)20-26(24)28)14-7-17-30(22-32)21-23-8-4-3-5-9-23/h3-5,8-11,20,22,27,33H,2,6-7,12-19,21H2,1H3. The summed E-state index contributed by atoms with van der Waals surface area (Å²) in [6.07, 6.45) is 10.5. The fourth-order valence-electron chi connectivity index (χ4n) is 7.82. The fraction of sp³-hybridized carbons (Fsp3) is 0.552. The molecule has 2 aromatic carbocycles. The molecule has 5 rings (SSSR count). The molecule has 3 atom stereocenters. The number of amides is 1. The number of phenols is 1. The summed E-state index contributed by atoms with van der Waals surface area (Å²) in [7, 11) is 0. The molecule has 176 valence electrons. The highest BCUT2D eigenvalue weighted by molar-refractivity contribution is 5.48. The molecule has 1 saturated carbocycles. The van der Waals surface area contributed by atoms with E-state index in [2.05, 4.69) is 36.1 Å². The van der Waals surface area contributed by atoms with Crippen molar-refractivity contribution in [2.75, 3.05) is 19.6 Å². The van der Waals surface area contributed by atoms with Gasteiger partial charge in [-0.2, -0.15) is 0 Å². The first kappa shape index (κ1) is 22.5. The highest BCUT2D eigenvalue weighted by atomic mass is 16.3. The van der Waals surface area contributed by atoms with Crippen LogP contribution < -0.4 is 0 Å². The van der Waals surface area contributed by atoms with Crippen LogP contribution in [0.15, 0.2) is 48.5 Å². The number of piperidine rings is 1. The Morgan fingerprint density at radius 3 is 2.79 bits per heavy atom. The van der Waals surface area contributed by atoms with Gasteiger partial charge in [-0.1, -0.05) is 49.7 Å². The van der Waals surface area contributed by atoms with E-state index in [1.54, 1.807) is 0 Å². The van der Waals surface area contributed by atoms with Crippen LogP contribution in [-0.2, 0) is 23.2 Å². The summed E-state index contributed by atoms with van der Waals surface area (Å²) in [4.78, 5) is 16.6. The molecule has 3 unspecified atom stereocenters. The van der Waals surface area contributed by atoms with Crippen molar-refractivity contribution >= 4 is 6.41 Å². The number of phenolic OH excluding ortho intramolecular Hbond substituents is 1. The summed E-state index contributed by atoms with van der Waals surface area (Å²) in [6, 6.07) is 17.0.